The van der Waals surface area contributed by atoms with E-state index in [2.05, 4.69) is 5.32 Å². The Balaban J connectivity index is 1.93. The Labute approximate surface area is 125 Å². The highest BCUT2D eigenvalue weighted by Crippen LogP contribution is 2.23. The van der Waals surface area contributed by atoms with Crippen LogP contribution in [0.3, 0.4) is 0 Å². The molecule has 1 aliphatic carbocycles. The van der Waals surface area contributed by atoms with Crippen molar-refractivity contribution in [1.29, 1.82) is 0 Å². The lowest BCUT2D eigenvalue weighted by molar-refractivity contribution is -0.142. The summed E-state index contributed by atoms with van der Waals surface area (Å²) < 4.78 is 4.73. The van der Waals surface area contributed by atoms with Crippen LogP contribution in [0, 0.1) is 0 Å². The number of anilines is 1. The molecule has 1 aromatic carbocycles. The van der Waals surface area contributed by atoms with E-state index in [1.165, 1.54) is 7.11 Å². The van der Waals surface area contributed by atoms with Gasteiger partial charge in [0.25, 0.3) is 0 Å². The third kappa shape index (κ3) is 4.86. The molecule has 0 radical (unpaired) electrons. The largest absolute Gasteiger partial charge is 0.468 e. The summed E-state index contributed by atoms with van der Waals surface area (Å²) in [7, 11) is 1.37. The van der Waals surface area contributed by atoms with E-state index in [9.17, 15) is 9.59 Å². The van der Waals surface area contributed by atoms with E-state index in [1.807, 2.05) is 35.2 Å². The highest BCUT2D eigenvalue weighted by Gasteiger charge is 2.26. The van der Waals surface area contributed by atoms with E-state index < -0.39 is 0 Å². The number of methoxy groups -OCH3 is 1. The fourth-order valence-corrected chi connectivity index (χ4v) is 2.72. The summed E-state index contributed by atoms with van der Waals surface area (Å²) in [5.74, 6) is -0.397. The first kappa shape index (κ1) is 15.5. The van der Waals surface area contributed by atoms with Gasteiger partial charge in [0.2, 0.25) is 5.91 Å². The molecule has 5 nitrogen and oxygen atoms in total. The molecule has 1 fully saturated rings. The van der Waals surface area contributed by atoms with Crippen molar-refractivity contribution in [2.24, 2.45) is 0 Å². The Kier molecular flexibility index (Phi) is 5.75. The van der Waals surface area contributed by atoms with Crippen LogP contribution < -0.4 is 5.32 Å². The van der Waals surface area contributed by atoms with Gasteiger partial charge in [0, 0.05) is 11.7 Å². The van der Waals surface area contributed by atoms with Gasteiger partial charge in [-0.3, -0.25) is 14.5 Å². The van der Waals surface area contributed by atoms with Crippen LogP contribution in [-0.2, 0) is 14.3 Å². The zero-order chi connectivity index (χ0) is 15.1. The van der Waals surface area contributed by atoms with Crippen LogP contribution in [0.15, 0.2) is 30.3 Å². The molecule has 21 heavy (non-hydrogen) atoms. The van der Waals surface area contributed by atoms with Crippen LogP contribution in [0.25, 0.3) is 0 Å². The van der Waals surface area contributed by atoms with E-state index >= 15 is 0 Å². The zero-order valence-electron chi connectivity index (χ0n) is 12.4. The molecule has 114 valence electrons. The summed E-state index contributed by atoms with van der Waals surface area (Å²) in [6.45, 7) is 0.387. The zero-order valence-corrected chi connectivity index (χ0v) is 12.4. The lowest BCUT2D eigenvalue weighted by Crippen LogP contribution is -2.42. The quantitative estimate of drug-likeness (QED) is 0.815. The SMILES string of the molecule is COC(=O)CN(CC(=O)Nc1ccccc1)C1CCCC1. The third-order valence-corrected chi connectivity index (χ3v) is 3.81. The molecule has 2 rings (SSSR count). The molecule has 1 aliphatic rings. The molecular formula is C16H22N2O3. The predicted molar refractivity (Wildman–Crippen MR) is 80.9 cm³/mol. The number of hydrogen-bond acceptors (Lipinski definition) is 4. The highest BCUT2D eigenvalue weighted by atomic mass is 16.5. The topological polar surface area (TPSA) is 58.6 Å². The van der Waals surface area contributed by atoms with E-state index in [-0.39, 0.29) is 25.0 Å². The maximum absolute atomic E-state index is 12.1. The number of nitrogens with one attached hydrogen (secondary N) is 1. The van der Waals surface area contributed by atoms with Crippen molar-refractivity contribution >= 4 is 17.6 Å². The number of para-hydroxylation sites is 1. The number of ether oxygens (including phenoxy) is 1. The van der Waals surface area contributed by atoms with Gasteiger partial charge < -0.3 is 10.1 Å². The van der Waals surface area contributed by atoms with Crippen LogP contribution in [0.5, 0.6) is 0 Å². The molecule has 0 unspecified atom stereocenters. The molecule has 1 amide bonds. The molecular weight excluding hydrogens is 268 g/mol. The average Bonchev–Trinajstić information content (AvgIpc) is 3.01. The summed E-state index contributed by atoms with van der Waals surface area (Å²) >= 11 is 0. The molecule has 0 saturated heterocycles. The summed E-state index contributed by atoms with van der Waals surface area (Å²) in [4.78, 5) is 25.6. The standard InChI is InChI=1S/C16H22N2O3/c1-21-16(20)12-18(14-9-5-6-10-14)11-15(19)17-13-7-3-2-4-8-13/h2-4,7-8,14H,5-6,9-12H2,1H3,(H,17,19). The lowest BCUT2D eigenvalue weighted by atomic mass is 10.2. The number of nitrogens with zero attached hydrogens (tertiary/aromatic N) is 1. The third-order valence-electron chi connectivity index (χ3n) is 3.81. The van der Waals surface area contributed by atoms with Crippen LogP contribution in [0.4, 0.5) is 5.69 Å². The van der Waals surface area contributed by atoms with Crippen LogP contribution in [-0.4, -0.2) is 43.0 Å². The molecule has 0 heterocycles. The molecule has 5 heteroatoms. The van der Waals surface area contributed by atoms with Crippen molar-refractivity contribution in [2.45, 2.75) is 31.7 Å². The average molecular weight is 290 g/mol. The number of benzene rings is 1. The van der Waals surface area contributed by atoms with Gasteiger partial charge in [-0.2, -0.15) is 0 Å². The minimum Gasteiger partial charge on any atom is -0.468 e. The first-order chi connectivity index (χ1) is 10.2. The number of amides is 1. The Morgan fingerprint density at radius 3 is 2.48 bits per heavy atom. The van der Waals surface area contributed by atoms with Gasteiger partial charge in [0.1, 0.15) is 0 Å². The fourth-order valence-electron chi connectivity index (χ4n) is 2.72. The van der Waals surface area contributed by atoms with E-state index in [4.69, 9.17) is 4.74 Å². The first-order valence-electron chi connectivity index (χ1n) is 7.35. The first-order valence-corrected chi connectivity index (χ1v) is 7.35. The van der Waals surface area contributed by atoms with Crippen LogP contribution >= 0.6 is 0 Å². The van der Waals surface area contributed by atoms with E-state index in [0.717, 1.165) is 31.4 Å². The van der Waals surface area contributed by atoms with Gasteiger partial charge in [-0.15, -0.1) is 0 Å². The maximum atomic E-state index is 12.1. The predicted octanol–water partition coefficient (Wildman–Crippen LogP) is 2.04. The van der Waals surface area contributed by atoms with Gasteiger partial charge >= 0.3 is 5.97 Å². The van der Waals surface area contributed by atoms with Crippen molar-refractivity contribution < 1.29 is 14.3 Å². The van der Waals surface area contributed by atoms with E-state index in [0.29, 0.717) is 6.04 Å². The molecule has 1 aromatic rings. The van der Waals surface area contributed by atoms with Gasteiger partial charge in [0.05, 0.1) is 20.2 Å². The van der Waals surface area contributed by atoms with Crippen molar-refractivity contribution in [2.75, 3.05) is 25.5 Å². The van der Waals surface area contributed by atoms with Crippen molar-refractivity contribution in [3.05, 3.63) is 30.3 Å². The van der Waals surface area contributed by atoms with E-state index in [1.54, 1.807) is 0 Å². The molecule has 0 aromatic heterocycles. The van der Waals surface area contributed by atoms with Crippen molar-refractivity contribution in [3.8, 4) is 0 Å². The summed E-state index contributed by atoms with van der Waals surface area (Å²) in [6, 6.07) is 9.64. The molecule has 0 atom stereocenters. The van der Waals surface area contributed by atoms with Gasteiger partial charge in [-0.25, -0.2) is 0 Å². The van der Waals surface area contributed by atoms with Gasteiger partial charge in [-0.1, -0.05) is 31.0 Å². The second kappa shape index (κ2) is 7.78. The number of esters is 1. The second-order valence-corrected chi connectivity index (χ2v) is 5.33. The minimum atomic E-state index is -0.297. The monoisotopic (exact) mass is 290 g/mol. The number of hydrogen-bond donors (Lipinski definition) is 1. The number of rotatable bonds is 6. The van der Waals surface area contributed by atoms with Crippen LogP contribution in [0.1, 0.15) is 25.7 Å². The lowest BCUT2D eigenvalue weighted by Gasteiger charge is -2.26. The summed E-state index contributed by atoms with van der Waals surface area (Å²) in [5, 5.41) is 2.85. The van der Waals surface area contributed by atoms with Gasteiger partial charge in [0.15, 0.2) is 0 Å². The molecule has 0 spiro atoms. The Morgan fingerprint density at radius 2 is 1.86 bits per heavy atom. The van der Waals surface area contributed by atoms with Gasteiger partial charge in [-0.05, 0) is 25.0 Å². The van der Waals surface area contributed by atoms with Crippen LogP contribution in [0.2, 0.25) is 0 Å². The smallest absolute Gasteiger partial charge is 0.319 e. The fraction of sp³-hybridized carbons (Fsp3) is 0.500. The normalized spacial score (nSPS) is 15.1. The minimum absolute atomic E-state index is 0.1000. The Morgan fingerprint density at radius 1 is 1.19 bits per heavy atom. The maximum Gasteiger partial charge on any atom is 0.319 e. The molecule has 1 saturated carbocycles. The number of carbonyl (C=O) groups is 2. The Hall–Kier alpha value is -1.88. The summed E-state index contributed by atoms with van der Waals surface area (Å²) in [6.07, 6.45) is 4.39. The summed E-state index contributed by atoms with van der Waals surface area (Å²) in [5.41, 5.74) is 0.770. The molecule has 1 N–H and O–H groups in total. The number of carbonyl (C=O) groups excluding carboxylic acids is 2. The highest BCUT2D eigenvalue weighted by molar-refractivity contribution is 5.92. The molecule has 0 aliphatic heterocycles. The van der Waals surface area contributed by atoms with Crippen molar-refractivity contribution in [3.63, 3.8) is 0 Å². The molecule has 0 bridgehead atoms. The second-order valence-electron chi connectivity index (χ2n) is 5.33. The van der Waals surface area contributed by atoms with Crippen molar-refractivity contribution in [1.82, 2.24) is 4.90 Å². The Bertz CT molecular complexity index is 470.